The Hall–Kier alpha value is -3.59. The van der Waals surface area contributed by atoms with Gasteiger partial charge in [0, 0.05) is 32.7 Å². The van der Waals surface area contributed by atoms with E-state index in [4.69, 9.17) is 23.2 Å². The molecule has 1 N–H and O–H groups in total. The molecule has 3 aromatic carbocycles. The van der Waals surface area contributed by atoms with E-state index in [1.165, 1.54) is 18.3 Å². The molecular weight excluding hydrogens is 555 g/mol. The van der Waals surface area contributed by atoms with E-state index in [0.717, 1.165) is 32.5 Å². The first-order valence-electron chi connectivity index (χ1n) is 12.1. The molecule has 0 aliphatic carbocycles. The topological polar surface area (TPSA) is 83.8 Å². The lowest BCUT2D eigenvalue weighted by atomic mass is 10.2. The second-order valence-electron chi connectivity index (χ2n) is 9.19. The number of carbonyl (C=O) groups excluding carboxylic acids is 1. The summed E-state index contributed by atoms with van der Waals surface area (Å²) in [6, 6.07) is 20.8. The molecule has 10 heteroatoms. The number of amides is 1. The molecule has 4 aromatic rings. The van der Waals surface area contributed by atoms with Gasteiger partial charge < -0.3 is 4.57 Å². The van der Waals surface area contributed by atoms with E-state index in [9.17, 15) is 13.2 Å². The third-order valence-corrected chi connectivity index (χ3v) is 8.50. The number of sulfonamides is 1. The summed E-state index contributed by atoms with van der Waals surface area (Å²) in [7, 11) is -4.06. The summed E-state index contributed by atoms with van der Waals surface area (Å²) in [6.45, 7) is 7.04. The van der Waals surface area contributed by atoms with Crippen molar-refractivity contribution in [1.29, 1.82) is 0 Å². The summed E-state index contributed by atoms with van der Waals surface area (Å²) in [6.07, 6.45) is 1.54. The number of hydrogen-bond acceptors (Lipinski definition) is 4. The third kappa shape index (κ3) is 6.36. The van der Waals surface area contributed by atoms with Crippen molar-refractivity contribution in [1.82, 2.24) is 9.99 Å². The fourth-order valence-electron chi connectivity index (χ4n) is 4.31. The zero-order chi connectivity index (χ0) is 28.3. The summed E-state index contributed by atoms with van der Waals surface area (Å²) in [5.41, 5.74) is 7.94. The van der Waals surface area contributed by atoms with E-state index in [1.54, 1.807) is 37.3 Å². The van der Waals surface area contributed by atoms with Crippen LogP contribution in [0, 0.1) is 27.7 Å². The van der Waals surface area contributed by atoms with E-state index in [-0.39, 0.29) is 4.90 Å². The van der Waals surface area contributed by atoms with Gasteiger partial charge in [0.05, 0.1) is 16.8 Å². The van der Waals surface area contributed by atoms with Crippen LogP contribution in [-0.2, 0) is 14.8 Å². The highest BCUT2D eigenvalue weighted by Gasteiger charge is 2.28. The Bertz CT molecular complexity index is 1660. The highest BCUT2D eigenvalue weighted by atomic mass is 35.5. The smallest absolute Gasteiger partial charge is 0.264 e. The SMILES string of the molecule is Cc1ccc(S(=O)(=O)N(CC(=O)N/N=C/c2cc(C)n(-c3cccc(Cl)c3)c2C)c2ccc(Cl)cc2C)cc1. The van der Waals surface area contributed by atoms with Crippen LogP contribution in [0.1, 0.15) is 28.1 Å². The Morgan fingerprint density at radius 2 is 1.64 bits per heavy atom. The van der Waals surface area contributed by atoms with E-state index in [0.29, 0.717) is 21.3 Å². The lowest BCUT2D eigenvalue weighted by molar-refractivity contribution is -0.119. The molecule has 0 aliphatic rings. The third-order valence-electron chi connectivity index (χ3n) is 6.25. The summed E-state index contributed by atoms with van der Waals surface area (Å²) >= 11 is 12.3. The average molecular weight is 584 g/mol. The van der Waals surface area contributed by atoms with Crippen molar-refractivity contribution in [3.63, 3.8) is 0 Å². The molecule has 0 unspecified atom stereocenters. The van der Waals surface area contributed by atoms with Crippen LogP contribution < -0.4 is 9.73 Å². The Morgan fingerprint density at radius 3 is 2.31 bits per heavy atom. The van der Waals surface area contributed by atoms with E-state index >= 15 is 0 Å². The second kappa shape index (κ2) is 11.7. The molecule has 0 radical (unpaired) electrons. The lowest BCUT2D eigenvalue weighted by Gasteiger charge is -2.25. The molecule has 0 spiro atoms. The van der Waals surface area contributed by atoms with Crippen molar-refractivity contribution >= 4 is 51.0 Å². The minimum atomic E-state index is -4.06. The quantitative estimate of drug-likeness (QED) is 0.194. The van der Waals surface area contributed by atoms with Crippen LogP contribution in [0.3, 0.4) is 0 Å². The summed E-state index contributed by atoms with van der Waals surface area (Å²) in [5, 5.41) is 5.21. The van der Waals surface area contributed by atoms with Crippen LogP contribution in [0.5, 0.6) is 0 Å². The molecule has 0 fully saturated rings. The van der Waals surface area contributed by atoms with Gasteiger partial charge in [-0.05, 0) is 87.9 Å². The average Bonchev–Trinajstić information content (AvgIpc) is 3.15. The normalized spacial score (nSPS) is 11.6. The van der Waals surface area contributed by atoms with E-state index in [2.05, 4.69) is 10.5 Å². The monoisotopic (exact) mass is 582 g/mol. The van der Waals surface area contributed by atoms with Crippen LogP contribution in [0.25, 0.3) is 5.69 Å². The number of aryl methyl sites for hydroxylation is 3. The van der Waals surface area contributed by atoms with Crippen LogP contribution >= 0.6 is 23.2 Å². The van der Waals surface area contributed by atoms with Gasteiger partial charge in [-0.15, -0.1) is 0 Å². The summed E-state index contributed by atoms with van der Waals surface area (Å²) < 4.78 is 30.3. The highest BCUT2D eigenvalue weighted by Crippen LogP contribution is 2.29. The van der Waals surface area contributed by atoms with Crippen LogP contribution in [0.15, 0.2) is 82.8 Å². The minimum Gasteiger partial charge on any atom is -0.318 e. The molecule has 0 atom stereocenters. The largest absolute Gasteiger partial charge is 0.318 e. The number of aromatic nitrogens is 1. The number of nitrogens with one attached hydrogen (secondary N) is 1. The van der Waals surface area contributed by atoms with Gasteiger partial charge in [-0.3, -0.25) is 9.10 Å². The molecule has 1 heterocycles. The number of rotatable bonds is 8. The Balaban J connectivity index is 1.58. The Morgan fingerprint density at radius 1 is 0.949 bits per heavy atom. The van der Waals surface area contributed by atoms with Gasteiger partial charge in [0.1, 0.15) is 6.54 Å². The van der Waals surface area contributed by atoms with Crippen LogP contribution in [0.4, 0.5) is 5.69 Å². The number of halogens is 2. The number of nitrogens with zero attached hydrogens (tertiary/aromatic N) is 3. The number of benzene rings is 3. The van der Waals surface area contributed by atoms with Gasteiger partial charge in [-0.1, -0.05) is 47.0 Å². The fourth-order valence-corrected chi connectivity index (χ4v) is 6.20. The molecule has 4 rings (SSSR count). The van der Waals surface area contributed by atoms with Gasteiger partial charge in [-0.25, -0.2) is 13.8 Å². The minimum absolute atomic E-state index is 0.0761. The molecule has 0 saturated heterocycles. The molecule has 1 amide bonds. The van der Waals surface area contributed by atoms with Crippen molar-refractivity contribution < 1.29 is 13.2 Å². The number of carbonyl (C=O) groups is 1. The molecule has 0 bridgehead atoms. The highest BCUT2D eigenvalue weighted by molar-refractivity contribution is 7.92. The predicted molar refractivity (Wildman–Crippen MR) is 158 cm³/mol. The molecule has 7 nitrogen and oxygen atoms in total. The Labute approximate surface area is 238 Å². The zero-order valence-corrected chi connectivity index (χ0v) is 24.3. The number of hydrazone groups is 1. The summed E-state index contributed by atoms with van der Waals surface area (Å²) in [5.74, 6) is -0.597. The molecule has 0 saturated carbocycles. The summed E-state index contributed by atoms with van der Waals surface area (Å²) in [4.78, 5) is 13.0. The maximum Gasteiger partial charge on any atom is 0.264 e. The second-order valence-corrected chi connectivity index (χ2v) is 11.9. The van der Waals surface area contributed by atoms with Gasteiger partial charge in [0.15, 0.2) is 0 Å². The molecule has 39 heavy (non-hydrogen) atoms. The van der Waals surface area contributed by atoms with Gasteiger partial charge in [-0.2, -0.15) is 5.10 Å². The van der Waals surface area contributed by atoms with Crippen molar-refractivity contribution in [2.24, 2.45) is 5.10 Å². The van der Waals surface area contributed by atoms with Crippen molar-refractivity contribution in [2.75, 3.05) is 10.8 Å². The first-order chi connectivity index (χ1) is 18.5. The van der Waals surface area contributed by atoms with Crippen molar-refractivity contribution in [3.8, 4) is 5.69 Å². The molecule has 202 valence electrons. The lowest BCUT2D eigenvalue weighted by Crippen LogP contribution is -2.40. The number of hydrogen-bond donors (Lipinski definition) is 1. The van der Waals surface area contributed by atoms with Gasteiger partial charge >= 0.3 is 0 Å². The first-order valence-corrected chi connectivity index (χ1v) is 14.3. The first kappa shape index (κ1) is 28.4. The van der Waals surface area contributed by atoms with Crippen molar-refractivity contribution in [2.45, 2.75) is 32.6 Å². The molecule has 0 aliphatic heterocycles. The van der Waals surface area contributed by atoms with Crippen LogP contribution in [0.2, 0.25) is 10.0 Å². The fraction of sp³-hybridized carbons (Fsp3) is 0.172. The zero-order valence-electron chi connectivity index (χ0n) is 21.9. The molecular formula is C29H28Cl2N4O3S. The van der Waals surface area contributed by atoms with Crippen LogP contribution in [-0.4, -0.2) is 31.7 Å². The van der Waals surface area contributed by atoms with Crippen molar-refractivity contribution in [3.05, 3.63) is 111 Å². The number of anilines is 1. The van der Waals surface area contributed by atoms with Gasteiger partial charge in [0.25, 0.3) is 15.9 Å². The molecule has 1 aromatic heterocycles. The van der Waals surface area contributed by atoms with E-state index in [1.807, 2.05) is 55.7 Å². The standard InChI is InChI=1S/C29H28Cl2N4O3S/c1-19-8-11-27(12-9-19)39(37,38)34(28-13-10-25(31)14-20(28)2)18-29(36)33-32-17-23-15-21(3)35(22(23)4)26-7-5-6-24(30)16-26/h5-17H,18H2,1-4H3,(H,33,36)/b32-17+. The maximum absolute atomic E-state index is 13.6. The Kier molecular flexibility index (Phi) is 8.49. The predicted octanol–water partition coefficient (Wildman–Crippen LogP) is 6.36. The van der Waals surface area contributed by atoms with Gasteiger partial charge in [0.2, 0.25) is 0 Å². The maximum atomic E-state index is 13.6. The van der Waals surface area contributed by atoms with E-state index < -0.39 is 22.5 Å².